The van der Waals surface area contributed by atoms with E-state index in [0.29, 0.717) is 17.3 Å². The Hall–Kier alpha value is -1.55. The van der Waals surface area contributed by atoms with E-state index in [4.69, 9.17) is 5.73 Å². The van der Waals surface area contributed by atoms with Crippen LogP contribution in [0.4, 0.5) is 5.69 Å². The number of nitrogens with two attached hydrogens (primary N) is 1. The highest BCUT2D eigenvalue weighted by Gasteiger charge is 2.22. The summed E-state index contributed by atoms with van der Waals surface area (Å²) in [5.74, 6) is -0.0470. The van der Waals surface area contributed by atoms with Gasteiger partial charge in [-0.1, -0.05) is 11.6 Å². The molecule has 0 bridgehead atoms. The first-order valence-corrected chi connectivity index (χ1v) is 7.38. The fourth-order valence-electron chi connectivity index (χ4n) is 2.69. The number of carbonyl (C=O) groups is 1. The monoisotopic (exact) mass is 275 g/mol. The number of carbonyl (C=O) groups excluding carboxylic acids is 1. The Bertz CT molecular complexity index is 477. The van der Waals surface area contributed by atoms with Gasteiger partial charge in [-0.15, -0.1) is 0 Å². The molecule has 0 spiro atoms. The first-order chi connectivity index (χ1) is 9.47. The third kappa shape index (κ3) is 3.51. The zero-order chi connectivity index (χ0) is 14.7. The van der Waals surface area contributed by atoms with Crippen molar-refractivity contribution in [1.29, 1.82) is 0 Å². The third-order valence-electron chi connectivity index (χ3n) is 4.05. The van der Waals surface area contributed by atoms with Crippen molar-refractivity contribution < 1.29 is 4.79 Å². The fourth-order valence-corrected chi connectivity index (χ4v) is 2.69. The number of rotatable bonds is 3. The van der Waals surface area contributed by atoms with E-state index in [2.05, 4.69) is 24.1 Å². The molecule has 1 fully saturated rings. The smallest absolute Gasteiger partial charge is 0.253 e. The molecule has 1 aliphatic rings. The van der Waals surface area contributed by atoms with E-state index >= 15 is 0 Å². The fraction of sp³-hybridized carbons (Fsp3) is 0.562. The van der Waals surface area contributed by atoms with Crippen molar-refractivity contribution in [1.82, 2.24) is 10.2 Å². The molecular weight excluding hydrogens is 250 g/mol. The third-order valence-corrected chi connectivity index (χ3v) is 4.05. The second kappa shape index (κ2) is 6.27. The largest absolute Gasteiger partial charge is 0.398 e. The highest BCUT2D eigenvalue weighted by Crippen LogP contribution is 2.16. The molecule has 4 heteroatoms. The summed E-state index contributed by atoms with van der Waals surface area (Å²) in [6.45, 7) is 8.49. The van der Waals surface area contributed by atoms with E-state index in [1.165, 1.54) is 0 Å². The van der Waals surface area contributed by atoms with Gasteiger partial charge in [-0.2, -0.15) is 0 Å². The number of benzene rings is 1. The number of nitrogens with one attached hydrogen (secondary N) is 1. The maximum atomic E-state index is 12.3. The molecule has 0 aliphatic carbocycles. The average molecular weight is 275 g/mol. The SMILES string of the molecule is Cc1ccc(N)c(C(=O)NC2CCN(C(C)C)CC2)c1. The lowest BCUT2D eigenvalue weighted by Gasteiger charge is -2.34. The Labute approximate surface area is 121 Å². The second-order valence-electron chi connectivity index (χ2n) is 5.97. The number of piperidine rings is 1. The van der Waals surface area contributed by atoms with Gasteiger partial charge in [0.1, 0.15) is 0 Å². The Morgan fingerprint density at radius 1 is 1.35 bits per heavy atom. The van der Waals surface area contributed by atoms with Crippen LogP contribution in [-0.2, 0) is 0 Å². The van der Waals surface area contributed by atoms with Gasteiger partial charge in [0.25, 0.3) is 5.91 Å². The van der Waals surface area contributed by atoms with Crippen LogP contribution in [-0.4, -0.2) is 36.0 Å². The van der Waals surface area contributed by atoms with Crippen molar-refractivity contribution in [2.24, 2.45) is 0 Å². The van der Waals surface area contributed by atoms with E-state index in [1.54, 1.807) is 6.07 Å². The number of nitrogen functional groups attached to an aromatic ring is 1. The molecule has 1 amide bonds. The predicted octanol–water partition coefficient (Wildman–Crippen LogP) is 2.18. The number of hydrogen-bond donors (Lipinski definition) is 2. The molecule has 0 saturated carbocycles. The van der Waals surface area contributed by atoms with Crippen molar-refractivity contribution in [3.63, 3.8) is 0 Å². The van der Waals surface area contributed by atoms with Crippen LogP contribution in [0.15, 0.2) is 18.2 Å². The molecule has 20 heavy (non-hydrogen) atoms. The zero-order valence-electron chi connectivity index (χ0n) is 12.6. The van der Waals surface area contributed by atoms with Crippen molar-refractivity contribution in [3.8, 4) is 0 Å². The van der Waals surface area contributed by atoms with Crippen LogP contribution < -0.4 is 11.1 Å². The Morgan fingerprint density at radius 2 is 2.00 bits per heavy atom. The van der Waals surface area contributed by atoms with Gasteiger partial charge in [-0.25, -0.2) is 0 Å². The van der Waals surface area contributed by atoms with Gasteiger partial charge < -0.3 is 16.0 Å². The summed E-state index contributed by atoms with van der Waals surface area (Å²) < 4.78 is 0. The summed E-state index contributed by atoms with van der Waals surface area (Å²) in [7, 11) is 0. The summed E-state index contributed by atoms with van der Waals surface area (Å²) in [6.07, 6.45) is 2.02. The number of aryl methyl sites for hydroxylation is 1. The van der Waals surface area contributed by atoms with Gasteiger partial charge in [-0.05, 0) is 45.7 Å². The first kappa shape index (κ1) is 14.9. The lowest BCUT2D eigenvalue weighted by molar-refractivity contribution is 0.0901. The maximum absolute atomic E-state index is 12.3. The van der Waals surface area contributed by atoms with Crippen LogP contribution in [0.1, 0.15) is 42.6 Å². The topological polar surface area (TPSA) is 58.4 Å². The van der Waals surface area contributed by atoms with Gasteiger partial charge in [0, 0.05) is 30.9 Å². The second-order valence-corrected chi connectivity index (χ2v) is 5.97. The number of hydrogen-bond acceptors (Lipinski definition) is 3. The molecule has 110 valence electrons. The minimum atomic E-state index is -0.0470. The molecule has 1 aromatic rings. The molecule has 1 saturated heterocycles. The van der Waals surface area contributed by atoms with Crippen LogP contribution in [0, 0.1) is 6.92 Å². The molecular formula is C16H25N3O. The standard InChI is InChI=1S/C16H25N3O/c1-11(2)19-8-6-13(7-9-19)18-16(20)14-10-12(3)4-5-15(14)17/h4-5,10-11,13H,6-9,17H2,1-3H3,(H,18,20). The molecule has 0 unspecified atom stereocenters. The molecule has 1 heterocycles. The number of anilines is 1. The summed E-state index contributed by atoms with van der Waals surface area (Å²) in [5.41, 5.74) is 8.09. The molecule has 1 aromatic carbocycles. The molecule has 3 N–H and O–H groups in total. The molecule has 0 atom stereocenters. The van der Waals surface area contributed by atoms with E-state index in [9.17, 15) is 4.79 Å². The van der Waals surface area contributed by atoms with Gasteiger partial charge in [0.05, 0.1) is 5.56 Å². The van der Waals surface area contributed by atoms with Gasteiger partial charge >= 0.3 is 0 Å². The Balaban J connectivity index is 1.94. The normalized spacial score (nSPS) is 17.4. The summed E-state index contributed by atoms with van der Waals surface area (Å²) in [4.78, 5) is 14.7. The van der Waals surface area contributed by atoms with Crippen molar-refractivity contribution in [2.45, 2.75) is 45.7 Å². The van der Waals surface area contributed by atoms with Gasteiger partial charge in [0.2, 0.25) is 0 Å². The van der Waals surface area contributed by atoms with E-state index in [0.717, 1.165) is 31.5 Å². The lowest BCUT2D eigenvalue weighted by Crippen LogP contribution is -2.46. The highest BCUT2D eigenvalue weighted by molar-refractivity contribution is 5.99. The number of amides is 1. The quantitative estimate of drug-likeness (QED) is 0.831. The number of nitrogens with zero attached hydrogens (tertiary/aromatic N) is 1. The summed E-state index contributed by atoms with van der Waals surface area (Å²) >= 11 is 0. The van der Waals surface area contributed by atoms with Crippen LogP contribution in [0.3, 0.4) is 0 Å². The van der Waals surface area contributed by atoms with Crippen molar-refractivity contribution in [3.05, 3.63) is 29.3 Å². The Kier molecular flexibility index (Phi) is 4.65. The van der Waals surface area contributed by atoms with E-state index in [-0.39, 0.29) is 11.9 Å². The summed E-state index contributed by atoms with van der Waals surface area (Å²) in [5, 5.41) is 3.12. The van der Waals surface area contributed by atoms with E-state index < -0.39 is 0 Å². The van der Waals surface area contributed by atoms with Gasteiger partial charge in [0.15, 0.2) is 0 Å². The average Bonchev–Trinajstić information content (AvgIpc) is 2.42. The van der Waals surface area contributed by atoms with Gasteiger partial charge in [-0.3, -0.25) is 4.79 Å². The van der Waals surface area contributed by atoms with E-state index in [1.807, 2.05) is 19.1 Å². The number of likely N-dealkylation sites (tertiary alicyclic amines) is 1. The molecule has 0 radical (unpaired) electrons. The van der Waals surface area contributed by atoms with Crippen molar-refractivity contribution >= 4 is 11.6 Å². The molecule has 1 aliphatic heterocycles. The van der Waals surface area contributed by atoms with Crippen molar-refractivity contribution in [2.75, 3.05) is 18.8 Å². The highest BCUT2D eigenvalue weighted by atomic mass is 16.1. The first-order valence-electron chi connectivity index (χ1n) is 7.38. The van der Waals surface area contributed by atoms with Crippen LogP contribution >= 0.6 is 0 Å². The lowest BCUT2D eigenvalue weighted by atomic mass is 10.0. The molecule has 0 aromatic heterocycles. The minimum absolute atomic E-state index is 0.0470. The maximum Gasteiger partial charge on any atom is 0.253 e. The minimum Gasteiger partial charge on any atom is -0.398 e. The van der Waals surface area contributed by atoms with Crippen LogP contribution in [0.5, 0.6) is 0 Å². The van der Waals surface area contributed by atoms with Crippen LogP contribution in [0.2, 0.25) is 0 Å². The van der Waals surface area contributed by atoms with Crippen LogP contribution in [0.25, 0.3) is 0 Å². The summed E-state index contributed by atoms with van der Waals surface area (Å²) in [6, 6.07) is 6.42. The zero-order valence-corrected chi connectivity index (χ0v) is 12.6. The predicted molar refractivity (Wildman–Crippen MR) is 82.8 cm³/mol. The Morgan fingerprint density at radius 3 is 2.60 bits per heavy atom. The molecule has 2 rings (SSSR count). The molecule has 4 nitrogen and oxygen atoms in total.